The standard InChI is InChI=1S/C16H11ClN4O3/c17-12-7-2-1-6-11(12)16(23)24-10-5-3-4-9(8-10)13-14(15(18)22)20-21-19-13/h1-8H,(H2,18,22)(H,19,20,21). The number of nitrogens with one attached hydrogen (secondary N) is 1. The third-order valence-corrected chi connectivity index (χ3v) is 3.52. The van der Waals surface area contributed by atoms with Crippen LogP contribution in [0.3, 0.4) is 0 Å². The van der Waals surface area contributed by atoms with Crippen molar-refractivity contribution in [2.45, 2.75) is 0 Å². The molecule has 3 aromatic rings. The Morgan fingerprint density at radius 3 is 2.62 bits per heavy atom. The van der Waals surface area contributed by atoms with Crippen molar-refractivity contribution < 1.29 is 14.3 Å². The summed E-state index contributed by atoms with van der Waals surface area (Å²) in [4.78, 5) is 23.5. The number of hydrogen-bond donors (Lipinski definition) is 2. The van der Waals surface area contributed by atoms with Crippen LogP contribution >= 0.6 is 11.6 Å². The van der Waals surface area contributed by atoms with Gasteiger partial charge in [0.15, 0.2) is 5.69 Å². The first-order valence-electron chi connectivity index (χ1n) is 6.84. The van der Waals surface area contributed by atoms with E-state index < -0.39 is 11.9 Å². The van der Waals surface area contributed by atoms with Crippen LogP contribution in [0.15, 0.2) is 48.5 Å². The zero-order chi connectivity index (χ0) is 17.1. The zero-order valence-corrected chi connectivity index (χ0v) is 12.9. The summed E-state index contributed by atoms with van der Waals surface area (Å²) in [5, 5.41) is 10.3. The predicted molar refractivity (Wildman–Crippen MR) is 86.7 cm³/mol. The number of H-pyrrole nitrogens is 1. The topological polar surface area (TPSA) is 111 Å². The lowest BCUT2D eigenvalue weighted by Gasteiger charge is -2.07. The van der Waals surface area contributed by atoms with Crippen molar-refractivity contribution in [3.8, 4) is 17.0 Å². The van der Waals surface area contributed by atoms with Crippen LogP contribution in [0.1, 0.15) is 20.8 Å². The van der Waals surface area contributed by atoms with Gasteiger partial charge in [0.2, 0.25) is 0 Å². The minimum Gasteiger partial charge on any atom is -0.423 e. The Morgan fingerprint density at radius 1 is 1.08 bits per heavy atom. The molecule has 24 heavy (non-hydrogen) atoms. The van der Waals surface area contributed by atoms with Crippen LogP contribution in [0.2, 0.25) is 5.02 Å². The predicted octanol–water partition coefficient (Wildman–Crippen LogP) is 2.44. The van der Waals surface area contributed by atoms with Gasteiger partial charge < -0.3 is 10.5 Å². The number of esters is 1. The van der Waals surface area contributed by atoms with E-state index >= 15 is 0 Å². The van der Waals surface area contributed by atoms with Gasteiger partial charge in [-0.2, -0.15) is 15.4 Å². The fourth-order valence-electron chi connectivity index (χ4n) is 2.10. The van der Waals surface area contributed by atoms with E-state index in [4.69, 9.17) is 22.1 Å². The summed E-state index contributed by atoms with van der Waals surface area (Å²) in [6, 6.07) is 13.1. The number of carbonyl (C=O) groups is 2. The molecule has 0 bridgehead atoms. The molecule has 0 aliphatic heterocycles. The molecule has 0 fully saturated rings. The van der Waals surface area contributed by atoms with Gasteiger partial charge in [0.05, 0.1) is 10.6 Å². The number of benzene rings is 2. The first kappa shape index (κ1) is 15.7. The number of ether oxygens (including phenoxy) is 1. The largest absolute Gasteiger partial charge is 0.423 e. The molecule has 0 radical (unpaired) electrons. The van der Waals surface area contributed by atoms with Crippen molar-refractivity contribution in [2.75, 3.05) is 0 Å². The fraction of sp³-hybridized carbons (Fsp3) is 0. The van der Waals surface area contributed by atoms with Gasteiger partial charge in [0.1, 0.15) is 11.4 Å². The molecule has 0 atom stereocenters. The highest BCUT2D eigenvalue weighted by Gasteiger charge is 2.17. The number of halogens is 1. The molecule has 0 saturated carbocycles. The van der Waals surface area contributed by atoms with Crippen molar-refractivity contribution >= 4 is 23.5 Å². The molecule has 0 saturated heterocycles. The summed E-state index contributed by atoms with van der Waals surface area (Å²) in [5.41, 5.74) is 6.31. The van der Waals surface area contributed by atoms with E-state index in [1.165, 1.54) is 0 Å². The highest BCUT2D eigenvalue weighted by molar-refractivity contribution is 6.33. The van der Waals surface area contributed by atoms with Crippen molar-refractivity contribution in [2.24, 2.45) is 5.73 Å². The summed E-state index contributed by atoms with van der Waals surface area (Å²) in [7, 11) is 0. The van der Waals surface area contributed by atoms with E-state index in [0.29, 0.717) is 10.6 Å². The second-order valence-corrected chi connectivity index (χ2v) is 5.19. The number of aromatic amines is 1. The molecule has 1 amide bonds. The van der Waals surface area contributed by atoms with E-state index in [0.717, 1.165) is 0 Å². The van der Waals surface area contributed by atoms with Gasteiger partial charge in [0.25, 0.3) is 5.91 Å². The Labute approximate surface area is 141 Å². The molecule has 7 nitrogen and oxygen atoms in total. The van der Waals surface area contributed by atoms with Crippen LogP contribution in [0.25, 0.3) is 11.3 Å². The average molecular weight is 343 g/mol. The average Bonchev–Trinajstić information content (AvgIpc) is 3.05. The Morgan fingerprint density at radius 2 is 1.88 bits per heavy atom. The minimum absolute atomic E-state index is 0.00424. The van der Waals surface area contributed by atoms with Crippen molar-refractivity contribution in [1.29, 1.82) is 0 Å². The van der Waals surface area contributed by atoms with Gasteiger partial charge >= 0.3 is 5.97 Å². The quantitative estimate of drug-likeness (QED) is 0.558. The molecule has 1 aromatic heterocycles. The van der Waals surface area contributed by atoms with Gasteiger partial charge in [-0.3, -0.25) is 4.79 Å². The second-order valence-electron chi connectivity index (χ2n) is 4.78. The molecule has 0 aliphatic rings. The normalized spacial score (nSPS) is 10.4. The van der Waals surface area contributed by atoms with E-state index in [9.17, 15) is 9.59 Å². The lowest BCUT2D eigenvalue weighted by atomic mass is 10.1. The van der Waals surface area contributed by atoms with Crippen molar-refractivity contribution in [3.05, 3.63) is 64.8 Å². The molecule has 3 rings (SSSR count). The Bertz CT molecular complexity index is 923. The molecule has 2 aromatic carbocycles. The van der Waals surface area contributed by atoms with Crippen LogP contribution in [-0.4, -0.2) is 27.3 Å². The van der Waals surface area contributed by atoms with Crippen LogP contribution in [0.5, 0.6) is 5.75 Å². The highest BCUT2D eigenvalue weighted by atomic mass is 35.5. The smallest absolute Gasteiger partial charge is 0.345 e. The number of aromatic nitrogens is 3. The molecule has 0 unspecified atom stereocenters. The van der Waals surface area contributed by atoms with Gasteiger partial charge in [-0.15, -0.1) is 0 Å². The lowest BCUT2D eigenvalue weighted by Crippen LogP contribution is -2.13. The maximum absolute atomic E-state index is 12.2. The first-order chi connectivity index (χ1) is 11.6. The maximum Gasteiger partial charge on any atom is 0.345 e. The molecule has 0 spiro atoms. The van der Waals surface area contributed by atoms with Gasteiger partial charge in [-0.25, -0.2) is 4.79 Å². The zero-order valence-electron chi connectivity index (χ0n) is 12.2. The SMILES string of the molecule is NC(=O)c1n[nH]nc1-c1cccc(OC(=O)c2ccccc2Cl)c1. The molecule has 8 heteroatoms. The van der Waals surface area contributed by atoms with Crippen molar-refractivity contribution in [3.63, 3.8) is 0 Å². The summed E-state index contributed by atoms with van der Waals surface area (Å²) in [5.74, 6) is -1.03. The van der Waals surface area contributed by atoms with Crippen LogP contribution < -0.4 is 10.5 Å². The van der Waals surface area contributed by atoms with Gasteiger partial charge in [-0.1, -0.05) is 35.9 Å². The number of primary amides is 1. The third-order valence-electron chi connectivity index (χ3n) is 3.19. The summed E-state index contributed by atoms with van der Waals surface area (Å²) < 4.78 is 5.32. The molecular weight excluding hydrogens is 332 g/mol. The van der Waals surface area contributed by atoms with Crippen LogP contribution in [0, 0.1) is 0 Å². The van der Waals surface area contributed by atoms with E-state index in [-0.39, 0.29) is 22.7 Å². The molecule has 3 N–H and O–H groups in total. The van der Waals surface area contributed by atoms with Gasteiger partial charge in [-0.05, 0) is 24.3 Å². The Hall–Kier alpha value is -3.19. The van der Waals surface area contributed by atoms with Crippen LogP contribution in [0.4, 0.5) is 0 Å². The number of carbonyl (C=O) groups excluding carboxylic acids is 2. The number of rotatable bonds is 4. The van der Waals surface area contributed by atoms with Crippen LogP contribution in [-0.2, 0) is 0 Å². The summed E-state index contributed by atoms with van der Waals surface area (Å²) in [6.45, 7) is 0. The Kier molecular flexibility index (Phi) is 4.26. The number of amides is 1. The monoisotopic (exact) mass is 342 g/mol. The maximum atomic E-state index is 12.2. The highest BCUT2D eigenvalue weighted by Crippen LogP contribution is 2.25. The lowest BCUT2D eigenvalue weighted by molar-refractivity contribution is 0.0734. The van der Waals surface area contributed by atoms with E-state index in [2.05, 4.69) is 15.4 Å². The number of hydrogen-bond acceptors (Lipinski definition) is 5. The third kappa shape index (κ3) is 3.11. The molecule has 120 valence electrons. The number of nitrogens with two attached hydrogens (primary N) is 1. The fourth-order valence-corrected chi connectivity index (χ4v) is 2.31. The molecular formula is C16H11ClN4O3. The van der Waals surface area contributed by atoms with Gasteiger partial charge in [0, 0.05) is 5.56 Å². The summed E-state index contributed by atoms with van der Waals surface area (Å²) in [6.07, 6.45) is 0. The first-order valence-corrected chi connectivity index (χ1v) is 7.22. The number of nitrogens with zero attached hydrogens (tertiary/aromatic N) is 2. The molecule has 1 heterocycles. The summed E-state index contributed by atoms with van der Waals surface area (Å²) >= 11 is 5.98. The van der Waals surface area contributed by atoms with Crippen molar-refractivity contribution in [1.82, 2.24) is 15.4 Å². The van der Waals surface area contributed by atoms with E-state index in [1.807, 2.05) is 0 Å². The Balaban J connectivity index is 1.89. The second kappa shape index (κ2) is 6.51. The molecule has 0 aliphatic carbocycles. The minimum atomic E-state index is -0.711. The van der Waals surface area contributed by atoms with E-state index in [1.54, 1.807) is 48.5 Å².